The first kappa shape index (κ1) is 14.5. The van der Waals surface area contributed by atoms with Crippen molar-refractivity contribution in [2.24, 2.45) is 0 Å². The molecular formula is C9H10ClNO6S. The number of rotatable bonds is 5. The van der Waals surface area contributed by atoms with E-state index in [9.17, 15) is 18.5 Å². The van der Waals surface area contributed by atoms with Crippen molar-refractivity contribution < 1.29 is 22.8 Å². The van der Waals surface area contributed by atoms with Crippen LogP contribution in [0.15, 0.2) is 12.1 Å². The molecule has 100 valence electrons. The van der Waals surface area contributed by atoms with Gasteiger partial charge in [0.1, 0.15) is 0 Å². The minimum absolute atomic E-state index is 0.0681. The van der Waals surface area contributed by atoms with Crippen LogP contribution in [-0.2, 0) is 14.8 Å². The van der Waals surface area contributed by atoms with Gasteiger partial charge in [-0.3, -0.25) is 10.1 Å². The molecule has 0 aromatic heterocycles. The molecule has 1 aromatic rings. The highest BCUT2D eigenvalue weighted by Crippen LogP contribution is 2.36. The van der Waals surface area contributed by atoms with Crippen molar-refractivity contribution in [1.29, 1.82) is 0 Å². The van der Waals surface area contributed by atoms with Gasteiger partial charge >= 0.3 is 0 Å². The molecule has 0 aliphatic heterocycles. The van der Waals surface area contributed by atoms with Crippen LogP contribution in [0, 0.1) is 10.1 Å². The van der Waals surface area contributed by atoms with Crippen LogP contribution in [0.5, 0.6) is 11.5 Å². The Morgan fingerprint density at radius 3 is 2.33 bits per heavy atom. The fourth-order valence-electron chi connectivity index (χ4n) is 1.43. The van der Waals surface area contributed by atoms with Crippen molar-refractivity contribution in [1.82, 2.24) is 0 Å². The Hall–Kier alpha value is -1.54. The van der Waals surface area contributed by atoms with Gasteiger partial charge in [0, 0.05) is 22.3 Å². The molecule has 18 heavy (non-hydrogen) atoms. The fraction of sp³-hybridized carbons (Fsp3) is 0.333. The zero-order valence-electron chi connectivity index (χ0n) is 9.54. The van der Waals surface area contributed by atoms with Crippen molar-refractivity contribution in [3.05, 3.63) is 27.8 Å². The number of halogens is 1. The van der Waals surface area contributed by atoms with Gasteiger partial charge in [0.05, 0.1) is 31.0 Å². The summed E-state index contributed by atoms with van der Waals surface area (Å²) in [5.74, 6) is -0.412. The van der Waals surface area contributed by atoms with E-state index in [2.05, 4.69) is 0 Å². The molecule has 1 rings (SSSR count). The molecule has 0 saturated carbocycles. The molecule has 0 spiro atoms. The van der Waals surface area contributed by atoms with Gasteiger partial charge in [0.15, 0.2) is 11.5 Å². The lowest BCUT2D eigenvalue weighted by molar-refractivity contribution is -0.385. The molecule has 0 fully saturated rings. The zero-order chi connectivity index (χ0) is 13.9. The van der Waals surface area contributed by atoms with Crippen LogP contribution >= 0.6 is 10.7 Å². The smallest absolute Gasteiger partial charge is 0.273 e. The summed E-state index contributed by atoms with van der Waals surface area (Å²) in [6.45, 7) is 0. The molecule has 0 heterocycles. The second-order valence-corrected chi connectivity index (χ2v) is 6.06. The molecular weight excluding hydrogens is 286 g/mol. The minimum atomic E-state index is -3.86. The largest absolute Gasteiger partial charge is 0.493 e. The molecule has 0 aliphatic rings. The number of nitrogens with zero attached hydrogens (tertiary/aromatic N) is 1. The summed E-state index contributed by atoms with van der Waals surface area (Å²) in [5, 5.41) is 10.7. The van der Waals surface area contributed by atoms with E-state index in [4.69, 9.17) is 20.2 Å². The number of nitro benzene ring substituents is 1. The van der Waals surface area contributed by atoms with Crippen molar-refractivity contribution in [2.45, 2.75) is 5.75 Å². The van der Waals surface area contributed by atoms with Crippen LogP contribution < -0.4 is 9.47 Å². The number of hydrogen-bond acceptors (Lipinski definition) is 6. The maximum atomic E-state index is 11.0. The minimum Gasteiger partial charge on any atom is -0.493 e. The molecule has 9 heteroatoms. The van der Waals surface area contributed by atoms with Gasteiger partial charge in [-0.1, -0.05) is 0 Å². The standard InChI is InChI=1S/C9H10ClNO6S/c1-16-8-4-7(11(12)13)3-6(9(8)17-2)5-18(10,14)15/h3-4H,5H2,1-2H3. The first-order valence-electron chi connectivity index (χ1n) is 4.60. The van der Waals surface area contributed by atoms with Crippen LogP contribution in [0.2, 0.25) is 0 Å². The topological polar surface area (TPSA) is 95.7 Å². The second-order valence-electron chi connectivity index (χ2n) is 3.28. The lowest BCUT2D eigenvalue weighted by atomic mass is 10.2. The number of benzene rings is 1. The third kappa shape index (κ3) is 3.47. The normalized spacial score (nSPS) is 11.1. The van der Waals surface area contributed by atoms with Crippen LogP contribution in [0.4, 0.5) is 5.69 Å². The monoisotopic (exact) mass is 295 g/mol. The number of nitro groups is 1. The highest BCUT2D eigenvalue weighted by atomic mass is 35.7. The molecule has 0 bridgehead atoms. The summed E-state index contributed by atoms with van der Waals surface area (Å²) in [6.07, 6.45) is 0. The number of ether oxygens (including phenoxy) is 2. The Kier molecular flexibility index (Phi) is 4.36. The summed E-state index contributed by atoms with van der Waals surface area (Å²) < 4.78 is 32.0. The quantitative estimate of drug-likeness (QED) is 0.466. The van der Waals surface area contributed by atoms with Crippen LogP contribution in [0.25, 0.3) is 0 Å². The molecule has 0 saturated heterocycles. The lowest BCUT2D eigenvalue weighted by Crippen LogP contribution is -2.02. The molecule has 0 aliphatic carbocycles. The molecule has 0 atom stereocenters. The van der Waals surface area contributed by atoms with Crippen molar-refractivity contribution >= 4 is 25.4 Å². The van der Waals surface area contributed by atoms with E-state index in [1.54, 1.807) is 0 Å². The molecule has 7 nitrogen and oxygen atoms in total. The third-order valence-corrected chi connectivity index (χ3v) is 3.06. The van der Waals surface area contributed by atoms with Crippen molar-refractivity contribution in [2.75, 3.05) is 14.2 Å². The van der Waals surface area contributed by atoms with E-state index in [0.717, 1.165) is 12.1 Å². The first-order chi connectivity index (χ1) is 8.28. The van der Waals surface area contributed by atoms with Gasteiger partial charge in [-0.15, -0.1) is 0 Å². The second kappa shape index (κ2) is 5.40. The summed E-state index contributed by atoms with van der Waals surface area (Å²) in [5.41, 5.74) is -0.235. The van der Waals surface area contributed by atoms with Crippen molar-refractivity contribution in [3.8, 4) is 11.5 Å². The lowest BCUT2D eigenvalue weighted by Gasteiger charge is -2.11. The SMILES string of the molecule is COc1cc([N+](=O)[O-])cc(CS(=O)(=O)Cl)c1OC. The molecule has 0 unspecified atom stereocenters. The van der Waals surface area contributed by atoms with E-state index >= 15 is 0 Å². The van der Waals surface area contributed by atoms with Gasteiger partial charge < -0.3 is 9.47 Å². The summed E-state index contributed by atoms with van der Waals surface area (Å²) in [6, 6.07) is 2.23. The van der Waals surface area contributed by atoms with Gasteiger partial charge in [-0.25, -0.2) is 8.42 Å². The van der Waals surface area contributed by atoms with E-state index in [1.165, 1.54) is 14.2 Å². The molecule has 1 aromatic carbocycles. The number of methoxy groups -OCH3 is 2. The first-order valence-corrected chi connectivity index (χ1v) is 7.08. The average Bonchev–Trinajstić information content (AvgIpc) is 2.25. The van der Waals surface area contributed by atoms with E-state index in [0.29, 0.717) is 0 Å². The summed E-state index contributed by atoms with van der Waals surface area (Å²) in [4.78, 5) is 10.1. The highest BCUT2D eigenvalue weighted by molar-refractivity contribution is 8.13. The Morgan fingerprint density at radius 1 is 1.33 bits per heavy atom. The highest BCUT2D eigenvalue weighted by Gasteiger charge is 2.21. The Bertz CT molecular complexity index is 571. The third-order valence-electron chi connectivity index (χ3n) is 2.08. The van der Waals surface area contributed by atoms with Crippen molar-refractivity contribution in [3.63, 3.8) is 0 Å². The van der Waals surface area contributed by atoms with E-state index in [-0.39, 0.29) is 22.7 Å². The molecule has 0 radical (unpaired) electrons. The average molecular weight is 296 g/mol. The Balaban J connectivity index is 3.45. The number of non-ortho nitro benzene ring substituents is 1. The van der Waals surface area contributed by atoms with Crippen LogP contribution in [-0.4, -0.2) is 27.6 Å². The van der Waals surface area contributed by atoms with Gasteiger partial charge in [-0.2, -0.15) is 0 Å². The zero-order valence-corrected chi connectivity index (χ0v) is 11.1. The van der Waals surface area contributed by atoms with Crippen LogP contribution in [0.3, 0.4) is 0 Å². The maximum absolute atomic E-state index is 11.0. The van der Waals surface area contributed by atoms with E-state index in [1.807, 2.05) is 0 Å². The van der Waals surface area contributed by atoms with Gasteiger partial charge in [-0.05, 0) is 0 Å². The van der Waals surface area contributed by atoms with E-state index < -0.39 is 19.7 Å². The Labute approximate surface area is 108 Å². The molecule has 0 amide bonds. The predicted molar refractivity (Wildman–Crippen MR) is 64.7 cm³/mol. The fourth-order valence-corrected chi connectivity index (χ4v) is 2.36. The number of hydrogen-bond donors (Lipinski definition) is 0. The Morgan fingerprint density at radius 2 is 1.94 bits per heavy atom. The maximum Gasteiger partial charge on any atom is 0.273 e. The predicted octanol–water partition coefficient (Wildman–Crippen LogP) is 1.68. The summed E-state index contributed by atoms with van der Waals surface area (Å²) >= 11 is 0. The van der Waals surface area contributed by atoms with Crippen LogP contribution in [0.1, 0.15) is 5.56 Å². The summed E-state index contributed by atoms with van der Waals surface area (Å²) in [7, 11) is 3.86. The molecule has 0 N–H and O–H groups in total. The van der Waals surface area contributed by atoms with Gasteiger partial charge in [0.25, 0.3) is 5.69 Å². The van der Waals surface area contributed by atoms with Gasteiger partial charge in [0.2, 0.25) is 9.05 Å².